The maximum Gasteiger partial charge on any atom is 0.138 e. The van der Waals surface area contributed by atoms with Crippen molar-refractivity contribution in [3.63, 3.8) is 0 Å². The number of thiophene rings is 1. The third kappa shape index (κ3) is 4.01. The third-order valence-corrected chi connectivity index (χ3v) is 10.3. The Morgan fingerprint density at radius 2 is 1.24 bits per heavy atom. The Kier molecular flexibility index (Phi) is 6.05. The average Bonchev–Trinajstić information content (AvgIpc) is 3.73. The van der Waals surface area contributed by atoms with Crippen LogP contribution in [0.5, 0.6) is 0 Å². The fourth-order valence-corrected chi connectivity index (χ4v) is 8.10. The molecule has 3 nitrogen and oxygen atoms in total. The van der Waals surface area contributed by atoms with Crippen LogP contribution < -0.4 is 0 Å². The lowest BCUT2D eigenvalue weighted by molar-refractivity contribution is 0.994. The lowest BCUT2D eigenvalue weighted by Crippen LogP contribution is -2.00. The minimum absolute atomic E-state index is 0.911. The smallest absolute Gasteiger partial charge is 0.138 e. The fourth-order valence-electron chi connectivity index (χ4n) is 7.04. The molecule has 0 fully saturated rings. The molecular weight excluding hydrogens is 579 g/mol. The van der Waals surface area contributed by atoms with Crippen molar-refractivity contribution in [2.45, 2.75) is 6.92 Å². The summed E-state index contributed by atoms with van der Waals surface area (Å²) >= 11 is 1.84. The Hall–Kier alpha value is -5.71. The number of fused-ring (bicyclic) bond motifs is 7. The van der Waals surface area contributed by atoms with Crippen molar-refractivity contribution in [2.24, 2.45) is 0 Å². The molecule has 0 unspecified atom stereocenters. The van der Waals surface area contributed by atoms with E-state index in [0.717, 1.165) is 28.3 Å². The fraction of sp³-hybridized carbons (Fsp3) is 0.0238. The predicted octanol–water partition coefficient (Wildman–Crippen LogP) is 11.7. The monoisotopic (exact) mass is 607 g/mol. The summed E-state index contributed by atoms with van der Waals surface area (Å²) in [6, 6.07) is 45.9. The molecule has 5 aromatic carbocycles. The van der Waals surface area contributed by atoms with Crippen molar-refractivity contribution in [2.75, 3.05) is 0 Å². The lowest BCUT2D eigenvalue weighted by Gasteiger charge is -2.10. The van der Waals surface area contributed by atoms with E-state index in [4.69, 9.17) is 4.98 Å². The number of para-hydroxylation sites is 3. The molecular formula is C42H29N3S. The van der Waals surface area contributed by atoms with E-state index in [1.54, 1.807) is 0 Å². The van der Waals surface area contributed by atoms with Gasteiger partial charge in [0.05, 0.1) is 22.2 Å². The molecule has 0 radical (unpaired) electrons. The highest BCUT2D eigenvalue weighted by molar-refractivity contribution is 7.25. The normalized spacial score (nSPS) is 12.0. The molecule has 0 spiro atoms. The van der Waals surface area contributed by atoms with Crippen LogP contribution in [-0.4, -0.2) is 14.1 Å². The Balaban J connectivity index is 1.20. The number of nitrogens with zero attached hydrogens (tertiary/aromatic N) is 3. The summed E-state index contributed by atoms with van der Waals surface area (Å²) in [7, 11) is 0. The molecule has 0 amide bonds. The molecule has 218 valence electrons. The molecule has 9 rings (SSSR count). The molecule has 0 saturated heterocycles. The first-order chi connectivity index (χ1) is 22.7. The second kappa shape index (κ2) is 10.4. The van der Waals surface area contributed by atoms with Crippen molar-refractivity contribution in [3.8, 4) is 22.8 Å². The molecule has 0 saturated carbocycles. The second-order valence-electron chi connectivity index (χ2n) is 11.7. The van der Waals surface area contributed by atoms with E-state index in [9.17, 15) is 0 Å². The van der Waals surface area contributed by atoms with Crippen LogP contribution in [0.25, 0.3) is 81.7 Å². The van der Waals surface area contributed by atoms with Gasteiger partial charge in [-0.1, -0.05) is 91.5 Å². The number of hydrogen-bond donors (Lipinski definition) is 0. The van der Waals surface area contributed by atoms with E-state index in [2.05, 4.69) is 156 Å². The molecule has 9 aromatic rings. The molecule has 4 heterocycles. The van der Waals surface area contributed by atoms with Crippen molar-refractivity contribution in [1.82, 2.24) is 14.1 Å². The first-order valence-electron chi connectivity index (χ1n) is 15.5. The molecule has 46 heavy (non-hydrogen) atoms. The van der Waals surface area contributed by atoms with Crippen molar-refractivity contribution in [1.29, 1.82) is 0 Å². The van der Waals surface area contributed by atoms with Gasteiger partial charge in [0.25, 0.3) is 0 Å². The molecule has 4 aromatic heterocycles. The van der Waals surface area contributed by atoms with E-state index in [1.807, 2.05) is 23.5 Å². The highest BCUT2D eigenvalue weighted by atomic mass is 32.1. The van der Waals surface area contributed by atoms with Gasteiger partial charge < -0.3 is 4.57 Å². The van der Waals surface area contributed by atoms with Gasteiger partial charge in [-0.2, -0.15) is 0 Å². The van der Waals surface area contributed by atoms with Crippen LogP contribution in [0, 0.1) is 6.92 Å². The summed E-state index contributed by atoms with van der Waals surface area (Å²) in [5, 5.41) is 6.28. The van der Waals surface area contributed by atoms with Gasteiger partial charge in [-0.15, -0.1) is 11.3 Å². The number of aromatic nitrogens is 3. The SMILES string of the molecule is C=C/C=C\c1c(C)n(-c2cccc(-c3ccc4sc5ccc(-n6c7ccccc7c7ccccc76)cc5c4c3)n2)c2ccccc12. The van der Waals surface area contributed by atoms with Gasteiger partial charge in [0.2, 0.25) is 0 Å². The van der Waals surface area contributed by atoms with E-state index >= 15 is 0 Å². The van der Waals surface area contributed by atoms with Crippen LogP contribution in [0.4, 0.5) is 0 Å². The Labute approximate surface area is 270 Å². The van der Waals surface area contributed by atoms with Gasteiger partial charge in [-0.3, -0.25) is 4.57 Å². The standard InChI is InChI=1S/C42H29N3S/c1-3-4-12-30-27(2)44(37-17-8-5-13-31(30)37)42-20-11-16-36(43-42)28-21-23-40-34(25-28)35-26-29(22-24-41(35)46-40)45-38-18-9-6-14-32(38)33-15-7-10-19-39(33)45/h3-26H,1H2,2H3/b12-4-. The quantitative estimate of drug-likeness (QED) is 0.179. The van der Waals surface area contributed by atoms with E-state index in [1.165, 1.54) is 58.6 Å². The second-order valence-corrected chi connectivity index (χ2v) is 12.8. The van der Waals surface area contributed by atoms with Gasteiger partial charge in [0.1, 0.15) is 5.82 Å². The predicted molar refractivity (Wildman–Crippen MR) is 198 cm³/mol. The van der Waals surface area contributed by atoms with Crippen LogP contribution in [0.2, 0.25) is 0 Å². The highest BCUT2D eigenvalue weighted by Gasteiger charge is 2.16. The molecule has 0 bridgehead atoms. The largest absolute Gasteiger partial charge is 0.309 e. The number of rotatable bonds is 5. The highest BCUT2D eigenvalue weighted by Crippen LogP contribution is 2.39. The Morgan fingerprint density at radius 1 is 0.609 bits per heavy atom. The van der Waals surface area contributed by atoms with Crippen LogP contribution in [-0.2, 0) is 0 Å². The van der Waals surface area contributed by atoms with E-state index in [0.29, 0.717) is 0 Å². The Morgan fingerprint density at radius 3 is 1.96 bits per heavy atom. The summed E-state index contributed by atoms with van der Waals surface area (Å²) in [4.78, 5) is 5.23. The first-order valence-corrected chi connectivity index (χ1v) is 16.3. The van der Waals surface area contributed by atoms with E-state index < -0.39 is 0 Å². The van der Waals surface area contributed by atoms with Gasteiger partial charge in [-0.05, 0) is 67.6 Å². The molecule has 0 aliphatic heterocycles. The summed E-state index contributed by atoms with van der Waals surface area (Å²) < 4.78 is 7.22. The molecule has 0 atom stereocenters. The number of benzene rings is 5. The molecule has 0 aliphatic rings. The van der Waals surface area contributed by atoms with E-state index in [-0.39, 0.29) is 0 Å². The Bertz CT molecular complexity index is 2630. The summed E-state index contributed by atoms with van der Waals surface area (Å²) in [5.74, 6) is 0.911. The summed E-state index contributed by atoms with van der Waals surface area (Å²) in [6.07, 6.45) is 5.95. The number of allylic oxidation sites excluding steroid dienone is 2. The van der Waals surface area contributed by atoms with Gasteiger partial charge in [0.15, 0.2) is 0 Å². The minimum Gasteiger partial charge on any atom is -0.309 e. The summed E-state index contributed by atoms with van der Waals surface area (Å²) in [6.45, 7) is 6.03. The average molecular weight is 608 g/mol. The zero-order valence-corrected chi connectivity index (χ0v) is 26.1. The molecule has 4 heteroatoms. The van der Waals surface area contributed by atoms with Crippen LogP contribution in [0.1, 0.15) is 11.3 Å². The molecule has 0 aliphatic carbocycles. The van der Waals surface area contributed by atoms with Crippen molar-refractivity contribution < 1.29 is 0 Å². The van der Waals surface area contributed by atoms with Crippen LogP contribution >= 0.6 is 11.3 Å². The number of hydrogen-bond acceptors (Lipinski definition) is 2. The lowest BCUT2D eigenvalue weighted by atomic mass is 10.1. The van der Waals surface area contributed by atoms with Gasteiger partial charge >= 0.3 is 0 Å². The third-order valence-electron chi connectivity index (χ3n) is 9.11. The zero-order chi connectivity index (χ0) is 30.8. The van der Waals surface area contributed by atoms with Crippen LogP contribution in [0.15, 0.2) is 146 Å². The summed E-state index contributed by atoms with van der Waals surface area (Å²) in [5.41, 5.74) is 9.17. The maximum atomic E-state index is 5.23. The van der Waals surface area contributed by atoms with Crippen molar-refractivity contribution in [3.05, 3.63) is 157 Å². The van der Waals surface area contributed by atoms with Crippen molar-refractivity contribution >= 4 is 70.3 Å². The topological polar surface area (TPSA) is 22.8 Å². The van der Waals surface area contributed by atoms with Gasteiger partial charge in [0, 0.05) is 58.8 Å². The van der Waals surface area contributed by atoms with Crippen LogP contribution in [0.3, 0.4) is 0 Å². The maximum absolute atomic E-state index is 5.23. The first kappa shape index (κ1) is 26.7. The van der Waals surface area contributed by atoms with Gasteiger partial charge in [-0.25, -0.2) is 4.98 Å². The molecule has 0 N–H and O–H groups in total. The minimum atomic E-state index is 0.911. The number of pyridine rings is 1. The zero-order valence-electron chi connectivity index (χ0n) is 25.3.